The lowest BCUT2D eigenvalue weighted by Crippen LogP contribution is -2.33. The smallest absolute Gasteiger partial charge is 0.306 e. The third-order valence-corrected chi connectivity index (χ3v) is 5.65. The van der Waals surface area contributed by atoms with Gasteiger partial charge < -0.3 is 4.74 Å². The quantitative estimate of drug-likeness (QED) is 0.400. The summed E-state index contributed by atoms with van der Waals surface area (Å²) in [4.78, 5) is 11.2. The first kappa shape index (κ1) is 10.7. The predicted octanol–water partition coefficient (Wildman–Crippen LogP) is 0.542. The summed E-state index contributed by atoms with van der Waals surface area (Å²) >= 11 is 2.14. The molecule has 2 rings (SSSR count). The van der Waals surface area contributed by atoms with Crippen LogP contribution in [-0.2, 0) is 19.4 Å². The Hall–Kier alpha value is 0.150. The molecule has 2 fully saturated rings. The average molecular weight is 330 g/mol. The Kier molecular flexibility index (Phi) is 2.53. The Morgan fingerprint density at radius 1 is 1.57 bits per heavy atom. The number of alkyl halides is 1. The van der Waals surface area contributed by atoms with E-state index in [-0.39, 0.29) is 30.0 Å². The van der Waals surface area contributed by atoms with Gasteiger partial charge >= 0.3 is 5.97 Å². The number of halogens is 1. The van der Waals surface area contributed by atoms with Crippen LogP contribution in [0.25, 0.3) is 0 Å². The van der Waals surface area contributed by atoms with Crippen molar-refractivity contribution in [3.05, 3.63) is 0 Å². The first-order valence-corrected chi connectivity index (χ1v) is 7.78. The molecule has 0 radical (unpaired) electrons. The van der Waals surface area contributed by atoms with E-state index in [0.29, 0.717) is 10.8 Å². The molecule has 14 heavy (non-hydrogen) atoms. The fourth-order valence-electron chi connectivity index (χ4n) is 2.26. The molecule has 2 saturated heterocycles. The minimum absolute atomic E-state index is 0.124. The molecule has 2 atom stereocenters. The third kappa shape index (κ3) is 1.66. The molecule has 0 aromatic carbocycles. The zero-order chi connectivity index (χ0) is 10.4. The van der Waals surface area contributed by atoms with E-state index in [1.54, 1.807) is 0 Å². The summed E-state index contributed by atoms with van der Waals surface area (Å²) in [6, 6.07) is 0. The molecular weight excluding hydrogens is 319 g/mol. The number of carbonyl (C=O) groups excluding carboxylic acids is 1. The number of rotatable bonds is 1. The van der Waals surface area contributed by atoms with Crippen LogP contribution in [0.2, 0.25) is 0 Å². The largest absolute Gasteiger partial charge is 0.461 e. The van der Waals surface area contributed by atoms with Crippen LogP contribution < -0.4 is 0 Å². The van der Waals surface area contributed by atoms with Crippen molar-refractivity contribution < 1.29 is 17.9 Å². The molecular formula is C8H11IO4S. The predicted molar refractivity (Wildman–Crippen MR) is 59.1 cm³/mol. The third-order valence-electron chi connectivity index (χ3n) is 3.01. The van der Waals surface area contributed by atoms with Gasteiger partial charge in [-0.1, -0.05) is 22.6 Å². The summed E-state index contributed by atoms with van der Waals surface area (Å²) in [6.45, 7) is 0. The fourth-order valence-corrected chi connectivity index (χ4v) is 5.54. The number of esters is 1. The summed E-state index contributed by atoms with van der Waals surface area (Å²) in [7, 11) is -2.94. The molecule has 0 N–H and O–H groups in total. The first-order chi connectivity index (χ1) is 6.47. The number of carbonyl (C=O) groups is 1. The van der Waals surface area contributed by atoms with Gasteiger partial charge in [0.25, 0.3) is 0 Å². The Morgan fingerprint density at radius 3 is 2.79 bits per heavy atom. The van der Waals surface area contributed by atoms with E-state index >= 15 is 0 Å². The topological polar surface area (TPSA) is 60.4 Å². The molecule has 80 valence electrons. The number of hydrogen-bond donors (Lipinski definition) is 0. The molecule has 2 aliphatic heterocycles. The Morgan fingerprint density at radius 2 is 2.29 bits per heavy atom. The number of ether oxygens (including phenoxy) is 1. The van der Waals surface area contributed by atoms with Gasteiger partial charge in [0.2, 0.25) is 0 Å². The van der Waals surface area contributed by atoms with Gasteiger partial charge in [-0.2, -0.15) is 0 Å². The Balaban J connectivity index is 2.28. The summed E-state index contributed by atoms with van der Waals surface area (Å²) in [5, 5.41) is 0. The molecule has 0 saturated carbocycles. The molecule has 0 aliphatic carbocycles. The van der Waals surface area contributed by atoms with Crippen molar-refractivity contribution in [3.8, 4) is 0 Å². The van der Waals surface area contributed by atoms with E-state index in [2.05, 4.69) is 22.6 Å². The van der Waals surface area contributed by atoms with Crippen LogP contribution in [0.3, 0.4) is 0 Å². The van der Waals surface area contributed by atoms with Gasteiger partial charge in [-0.15, -0.1) is 0 Å². The van der Waals surface area contributed by atoms with Gasteiger partial charge in [-0.05, 0) is 6.42 Å². The van der Waals surface area contributed by atoms with Crippen LogP contribution in [0, 0.1) is 5.41 Å². The van der Waals surface area contributed by atoms with Crippen LogP contribution in [0.1, 0.15) is 12.8 Å². The minimum Gasteiger partial charge on any atom is -0.461 e. The summed E-state index contributed by atoms with van der Waals surface area (Å²) in [5.41, 5.74) is -0.406. The number of sulfone groups is 1. The molecule has 6 heteroatoms. The van der Waals surface area contributed by atoms with Gasteiger partial charge in [0.15, 0.2) is 9.84 Å². The lowest BCUT2D eigenvalue weighted by atomic mass is 9.81. The van der Waals surface area contributed by atoms with E-state index < -0.39 is 15.3 Å². The monoisotopic (exact) mass is 330 g/mol. The van der Waals surface area contributed by atoms with E-state index in [4.69, 9.17) is 4.74 Å². The van der Waals surface area contributed by atoms with Crippen molar-refractivity contribution in [1.29, 1.82) is 0 Å². The lowest BCUT2D eigenvalue weighted by molar-refractivity contribution is -0.140. The molecule has 2 heterocycles. The lowest BCUT2D eigenvalue weighted by Gasteiger charge is -2.24. The normalized spacial score (nSPS) is 40.4. The molecule has 1 spiro atoms. The first-order valence-electron chi connectivity index (χ1n) is 4.43. The molecule has 0 bridgehead atoms. The summed E-state index contributed by atoms with van der Waals surface area (Å²) < 4.78 is 28.6. The van der Waals surface area contributed by atoms with Gasteiger partial charge in [-0.3, -0.25) is 4.79 Å². The average Bonchev–Trinajstić information content (AvgIpc) is 2.53. The van der Waals surface area contributed by atoms with Crippen LogP contribution in [0.4, 0.5) is 0 Å². The highest BCUT2D eigenvalue weighted by Gasteiger charge is 2.54. The standard InChI is InChI=1S/C8H11IO4S/c9-4-6-8(3-7(10)13-6)1-2-14(11,12)5-8/h6H,1-5H2. The number of hydrogen-bond acceptors (Lipinski definition) is 4. The second-order valence-corrected chi connectivity index (χ2v) is 7.08. The highest BCUT2D eigenvalue weighted by molar-refractivity contribution is 14.1. The van der Waals surface area contributed by atoms with Crippen LogP contribution in [0.5, 0.6) is 0 Å². The van der Waals surface area contributed by atoms with Gasteiger partial charge in [0, 0.05) is 9.84 Å². The summed E-state index contributed by atoms with van der Waals surface area (Å²) in [5.74, 6) is 0.0830. The molecule has 0 aromatic rings. The Bertz CT molecular complexity index is 364. The van der Waals surface area contributed by atoms with Gasteiger partial charge in [-0.25, -0.2) is 8.42 Å². The molecule has 0 aromatic heterocycles. The SMILES string of the molecule is O=C1CC2(CCS(=O)(=O)C2)C(CI)O1. The molecule has 2 unspecified atom stereocenters. The van der Waals surface area contributed by atoms with Crippen molar-refractivity contribution in [2.75, 3.05) is 15.9 Å². The maximum absolute atomic E-state index is 11.4. The minimum atomic E-state index is -2.94. The zero-order valence-electron chi connectivity index (χ0n) is 7.53. The van der Waals surface area contributed by atoms with Crippen LogP contribution >= 0.6 is 22.6 Å². The van der Waals surface area contributed by atoms with Crippen molar-refractivity contribution in [2.45, 2.75) is 18.9 Å². The van der Waals surface area contributed by atoms with Crippen LogP contribution in [-0.4, -0.2) is 36.4 Å². The highest BCUT2D eigenvalue weighted by atomic mass is 127. The van der Waals surface area contributed by atoms with Crippen LogP contribution in [0.15, 0.2) is 0 Å². The number of cyclic esters (lactones) is 1. The second kappa shape index (κ2) is 3.33. The Labute approximate surface area is 96.4 Å². The van der Waals surface area contributed by atoms with Crippen molar-refractivity contribution in [1.82, 2.24) is 0 Å². The molecule has 2 aliphatic rings. The maximum atomic E-state index is 11.4. The fraction of sp³-hybridized carbons (Fsp3) is 0.875. The highest BCUT2D eigenvalue weighted by Crippen LogP contribution is 2.45. The molecule has 4 nitrogen and oxygen atoms in total. The summed E-state index contributed by atoms with van der Waals surface area (Å²) in [6.07, 6.45) is 0.655. The van der Waals surface area contributed by atoms with Crippen molar-refractivity contribution >= 4 is 38.4 Å². The van der Waals surface area contributed by atoms with Gasteiger partial charge in [0.05, 0.1) is 17.9 Å². The molecule has 0 amide bonds. The van der Waals surface area contributed by atoms with Crippen molar-refractivity contribution in [3.63, 3.8) is 0 Å². The van der Waals surface area contributed by atoms with E-state index in [9.17, 15) is 13.2 Å². The van der Waals surface area contributed by atoms with E-state index in [1.807, 2.05) is 0 Å². The van der Waals surface area contributed by atoms with E-state index in [0.717, 1.165) is 0 Å². The van der Waals surface area contributed by atoms with Gasteiger partial charge in [0.1, 0.15) is 6.10 Å². The maximum Gasteiger partial charge on any atom is 0.306 e. The zero-order valence-corrected chi connectivity index (χ0v) is 10.5. The van der Waals surface area contributed by atoms with E-state index in [1.165, 1.54) is 0 Å². The second-order valence-electron chi connectivity index (χ2n) is 4.01. The van der Waals surface area contributed by atoms with Crippen molar-refractivity contribution in [2.24, 2.45) is 5.41 Å².